The minimum Gasteiger partial charge on any atom is -0.434 e. The Morgan fingerprint density at radius 2 is 2.19 bits per heavy atom. The normalized spacial score (nSPS) is 19.3. The average molecular weight is 406 g/mol. The largest absolute Gasteiger partial charge is 0.434 e. The average Bonchev–Trinajstić information content (AvgIpc) is 3.06. The van der Waals surface area contributed by atoms with Gasteiger partial charge in [0.15, 0.2) is 5.13 Å². The van der Waals surface area contributed by atoms with Gasteiger partial charge in [-0.15, -0.1) is 22.9 Å². The number of esters is 1. The number of para-hydroxylation sites is 1. The van der Waals surface area contributed by atoms with E-state index in [1.165, 1.54) is 12.3 Å². The van der Waals surface area contributed by atoms with Crippen molar-refractivity contribution in [2.24, 2.45) is 0 Å². The molecule has 2 N–H and O–H groups in total. The SMILES string of the molecule is O=C(CC1(CCl)Nc2c(cccc2C(F)(F)F)C(=O)O1)Nc1nccs1. The Labute approximate surface area is 154 Å². The summed E-state index contributed by atoms with van der Waals surface area (Å²) < 4.78 is 45.0. The van der Waals surface area contributed by atoms with E-state index in [0.29, 0.717) is 5.13 Å². The first-order chi connectivity index (χ1) is 12.2. The molecule has 11 heteroatoms. The number of cyclic esters (lactones) is 1. The lowest BCUT2D eigenvalue weighted by Crippen LogP contribution is -2.51. The number of thiazole rings is 1. The molecule has 1 aliphatic heterocycles. The van der Waals surface area contributed by atoms with E-state index in [-0.39, 0.29) is 5.56 Å². The molecule has 0 saturated heterocycles. The highest BCUT2D eigenvalue weighted by Gasteiger charge is 2.45. The summed E-state index contributed by atoms with van der Waals surface area (Å²) in [5.74, 6) is -2.04. The lowest BCUT2D eigenvalue weighted by Gasteiger charge is -2.38. The summed E-state index contributed by atoms with van der Waals surface area (Å²) in [6.07, 6.45) is -3.72. The standard InChI is InChI=1S/C15H11ClF3N3O3S/c16-7-14(6-10(23)21-13-20-4-5-26-13)22-11-8(12(24)25-14)2-1-3-9(11)15(17,18)19/h1-5,22H,6-7H2,(H,20,21,23). The highest BCUT2D eigenvalue weighted by Crippen LogP contribution is 2.41. The Morgan fingerprint density at radius 3 is 2.81 bits per heavy atom. The van der Waals surface area contributed by atoms with Gasteiger partial charge in [0.1, 0.15) is 0 Å². The quantitative estimate of drug-likeness (QED) is 0.598. The molecule has 6 nitrogen and oxygen atoms in total. The number of carbonyl (C=O) groups is 2. The molecule has 2 heterocycles. The topological polar surface area (TPSA) is 80.3 Å². The summed E-state index contributed by atoms with van der Waals surface area (Å²) in [5.41, 5.74) is -3.59. The van der Waals surface area contributed by atoms with Crippen molar-refractivity contribution in [2.75, 3.05) is 16.5 Å². The van der Waals surface area contributed by atoms with Gasteiger partial charge in [-0.1, -0.05) is 6.07 Å². The summed E-state index contributed by atoms with van der Waals surface area (Å²) in [7, 11) is 0. The summed E-state index contributed by atoms with van der Waals surface area (Å²) in [6.45, 7) is 0. The van der Waals surface area contributed by atoms with Crippen LogP contribution in [0.15, 0.2) is 29.8 Å². The van der Waals surface area contributed by atoms with Crippen LogP contribution >= 0.6 is 22.9 Å². The fourth-order valence-electron chi connectivity index (χ4n) is 2.48. The minimum absolute atomic E-state index is 0.277. The number of rotatable bonds is 4. The Morgan fingerprint density at radius 1 is 1.42 bits per heavy atom. The molecule has 1 aromatic carbocycles. The number of halogens is 4. The van der Waals surface area contributed by atoms with Crippen molar-refractivity contribution in [3.63, 3.8) is 0 Å². The second-order valence-corrected chi connectivity index (χ2v) is 6.59. The molecule has 1 unspecified atom stereocenters. The van der Waals surface area contributed by atoms with Gasteiger partial charge >= 0.3 is 12.1 Å². The number of benzene rings is 1. The zero-order valence-corrected chi connectivity index (χ0v) is 14.5. The first-order valence-electron chi connectivity index (χ1n) is 7.21. The van der Waals surface area contributed by atoms with Crippen molar-refractivity contribution < 1.29 is 27.5 Å². The maximum atomic E-state index is 13.3. The van der Waals surface area contributed by atoms with Gasteiger partial charge < -0.3 is 15.4 Å². The number of carbonyl (C=O) groups excluding carboxylic acids is 2. The molecule has 0 saturated carbocycles. The molecule has 0 bridgehead atoms. The molecule has 26 heavy (non-hydrogen) atoms. The molecule has 1 aromatic heterocycles. The number of ether oxygens (including phenoxy) is 1. The molecule has 138 valence electrons. The van der Waals surface area contributed by atoms with Crippen LogP contribution in [0.3, 0.4) is 0 Å². The summed E-state index contributed by atoms with van der Waals surface area (Å²) >= 11 is 7.01. The molecule has 0 fully saturated rings. The Bertz CT molecular complexity index is 844. The van der Waals surface area contributed by atoms with Crippen LogP contribution in [0.1, 0.15) is 22.3 Å². The number of anilines is 2. The third-order valence-corrected chi connectivity index (χ3v) is 4.69. The first-order valence-corrected chi connectivity index (χ1v) is 8.62. The van der Waals surface area contributed by atoms with E-state index in [9.17, 15) is 22.8 Å². The molecule has 1 atom stereocenters. The van der Waals surface area contributed by atoms with Crippen molar-refractivity contribution in [3.8, 4) is 0 Å². The maximum absolute atomic E-state index is 13.3. The molecule has 3 rings (SSSR count). The number of hydrogen-bond acceptors (Lipinski definition) is 6. The number of nitrogens with zero attached hydrogens (tertiary/aromatic N) is 1. The van der Waals surface area contributed by atoms with Crippen molar-refractivity contribution in [1.82, 2.24) is 4.98 Å². The van der Waals surface area contributed by atoms with E-state index in [0.717, 1.165) is 23.5 Å². The zero-order valence-electron chi connectivity index (χ0n) is 12.9. The molecule has 1 amide bonds. The van der Waals surface area contributed by atoms with Crippen LogP contribution in [0.4, 0.5) is 24.0 Å². The number of alkyl halides is 4. The van der Waals surface area contributed by atoms with Crippen molar-refractivity contribution in [3.05, 3.63) is 40.9 Å². The highest BCUT2D eigenvalue weighted by atomic mass is 35.5. The van der Waals surface area contributed by atoms with Crippen LogP contribution in [-0.2, 0) is 15.7 Å². The molecular weight excluding hydrogens is 395 g/mol. The van der Waals surface area contributed by atoms with Crippen molar-refractivity contribution in [1.29, 1.82) is 0 Å². The zero-order chi connectivity index (χ0) is 18.9. The number of amides is 1. The predicted octanol–water partition coefficient (Wildman–Crippen LogP) is 3.71. The lowest BCUT2D eigenvalue weighted by molar-refractivity contribution is -0.137. The monoisotopic (exact) mass is 405 g/mol. The van der Waals surface area contributed by atoms with E-state index in [4.69, 9.17) is 16.3 Å². The number of fused-ring (bicyclic) bond motifs is 1. The Kier molecular flexibility index (Phi) is 4.80. The predicted molar refractivity (Wildman–Crippen MR) is 89.3 cm³/mol. The summed E-state index contributed by atoms with van der Waals surface area (Å²) in [6, 6.07) is 3.14. The molecular formula is C15H11ClF3N3O3S. The van der Waals surface area contributed by atoms with Crippen LogP contribution in [0.5, 0.6) is 0 Å². The number of aromatic nitrogens is 1. The number of nitrogens with one attached hydrogen (secondary N) is 2. The van der Waals surface area contributed by atoms with Gasteiger partial charge in [-0.2, -0.15) is 13.2 Å². The van der Waals surface area contributed by atoms with Gasteiger partial charge in [-0.05, 0) is 12.1 Å². The van der Waals surface area contributed by atoms with Gasteiger partial charge in [-0.3, -0.25) is 4.79 Å². The second-order valence-electron chi connectivity index (χ2n) is 5.43. The maximum Gasteiger partial charge on any atom is 0.418 e. The lowest BCUT2D eigenvalue weighted by atomic mass is 10.0. The van der Waals surface area contributed by atoms with Crippen LogP contribution in [0, 0.1) is 0 Å². The van der Waals surface area contributed by atoms with Crippen LogP contribution < -0.4 is 10.6 Å². The molecule has 0 spiro atoms. The van der Waals surface area contributed by atoms with Gasteiger partial charge in [-0.25, -0.2) is 9.78 Å². The van der Waals surface area contributed by atoms with Gasteiger partial charge in [0, 0.05) is 11.6 Å². The molecule has 2 aromatic rings. The minimum atomic E-state index is -4.70. The van der Waals surface area contributed by atoms with Gasteiger partial charge in [0.2, 0.25) is 11.6 Å². The Hall–Kier alpha value is -2.33. The number of hydrogen-bond donors (Lipinski definition) is 2. The summed E-state index contributed by atoms with van der Waals surface area (Å²) in [4.78, 5) is 28.3. The van der Waals surface area contributed by atoms with Crippen molar-refractivity contribution in [2.45, 2.75) is 18.3 Å². The van der Waals surface area contributed by atoms with E-state index in [1.54, 1.807) is 5.38 Å². The third-order valence-electron chi connectivity index (χ3n) is 3.57. The second kappa shape index (κ2) is 6.76. The van der Waals surface area contributed by atoms with E-state index in [1.807, 2.05) is 0 Å². The van der Waals surface area contributed by atoms with E-state index in [2.05, 4.69) is 15.6 Å². The third kappa shape index (κ3) is 3.61. The smallest absolute Gasteiger partial charge is 0.418 e. The summed E-state index contributed by atoms with van der Waals surface area (Å²) in [5, 5.41) is 6.91. The van der Waals surface area contributed by atoms with Gasteiger partial charge in [0.05, 0.1) is 29.1 Å². The molecule has 0 radical (unpaired) electrons. The van der Waals surface area contributed by atoms with Crippen LogP contribution in [0.2, 0.25) is 0 Å². The van der Waals surface area contributed by atoms with Crippen LogP contribution in [-0.4, -0.2) is 28.5 Å². The Balaban J connectivity index is 1.91. The van der Waals surface area contributed by atoms with E-state index >= 15 is 0 Å². The highest BCUT2D eigenvalue weighted by molar-refractivity contribution is 7.13. The van der Waals surface area contributed by atoms with Gasteiger partial charge in [0.25, 0.3) is 0 Å². The fraction of sp³-hybridized carbons (Fsp3) is 0.267. The van der Waals surface area contributed by atoms with Crippen LogP contribution in [0.25, 0.3) is 0 Å². The first kappa shape index (κ1) is 18.5. The fourth-order valence-corrected chi connectivity index (χ4v) is 3.24. The van der Waals surface area contributed by atoms with Crippen molar-refractivity contribution >= 4 is 45.6 Å². The molecule has 0 aliphatic carbocycles. The molecule has 1 aliphatic rings. The van der Waals surface area contributed by atoms with E-state index < -0.39 is 47.3 Å².